The Bertz CT molecular complexity index is 1270. The number of aryl methyl sites for hydroxylation is 3. The number of thioether (sulfide) groups is 1. The maximum absolute atomic E-state index is 12.9. The molecule has 3 N–H and O–H groups in total. The summed E-state index contributed by atoms with van der Waals surface area (Å²) in [6.07, 6.45) is 0. The van der Waals surface area contributed by atoms with E-state index >= 15 is 0 Å². The van der Waals surface area contributed by atoms with Gasteiger partial charge in [0.1, 0.15) is 5.76 Å². The molecule has 1 heterocycles. The summed E-state index contributed by atoms with van der Waals surface area (Å²) in [5, 5.41) is 8.91. The fraction of sp³-hybridized carbons (Fsp3) is 0.227. The average Bonchev–Trinajstić information content (AvgIpc) is 3.13. The lowest BCUT2D eigenvalue weighted by Crippen LogP contribution is -2.19. The fourth-order valence-electron chi connectivity index (χ4n) is 2.92. The minimum atomic E-state index is -3.85. The van der Waals surface area contributed by atoms with Gasteiger partial charge in [0, 0.05) is 17.4 Å². The third-order valence-corrected chi connectivity index (χ3v) is 6.85. The first kappa shape index (κ1) is 24.3. The Balaban J connectivity index is 1.57. The average molecular weight is 489 g/mol. The van der Waals surface area contributed by atoms with Crippen molar-refractivity contribution < 1.29 is 22.5 Å². The first-order valence-electron chi connectivity index (χ1n) is 9.93. The Morgan fingerprint density at radius 3 is 2.33 bits per heavy atom. The molecule has 9 nitrogen and oxygen atoms in total. The molecule has 0 radical (unpaired) electrons. The zero-order chi connectivity index (χ0) is 24.0. The Labute approximate surface area is 196 Å². The van der Waals surface area contributed by atoms with Crippen LogP contribution in [0.15, 0.2) is 57.9 Å². The molecule has 0 aliphatic rings. The van der Waals surface area contributed by atoms with Crippen LogP contribution in [-0.4, -0.2) is 36.9 Å². The van der Waals surface area contributed by atoms with Crippen molar-refractivity contribution in [2.45, 2.75) is 25.7 Å². The van der Waals surface area contributed by atoms with E-state index in [0.29, 0.717) is 28.5 Å². The Kier molecular flexibility index (Phi) is 7.77. The highest BCUT2D eigenvalue weighted by molar-refractivity contribution is 8.00. The summed E-state index contributed by atoms with van der Waals surface area (Å²) in [4.78, 5) is 24.2. The van der Waals surface area contributed by atoms with E-state index < -0.39 is 10.0 Å². The van der Waals surface area contributed by atoms with E-state index in [1.54, 1.807) is 50.2 Å². The number of benzene rings is 2. The molecule has 0 fully saturated rings. The van der Waals surface area contributed by atoms with Gasteiger partial charge in [-0.3, -0.25) is 14.3 Å². The number of amides is 2. The highest BCUT2D eigenvalue weighted by Crippen LogP contribution is 2.23. The lowest BCUT2D eigenvalue weighted by Gasteiger charge is -2.13. The molecule has 0 aliphatic carbocycles. The lowest BCUT2D eigenvalue weighted by atomic mass is 10.2. The van der Waals surface area contributed by atoms with Gasteiger partial charge in [-0.2, -0.15) is 0 Å². The molecule has 0 aliphatic heterocycles. The number of carbonyl (C=O) groups excluding carboxylic acids is 2. The highest BCUT2D eigenvalue weighted by Gasteiger charge is 2.18. The van der Waals surface area contributed by atoms with Gasteiger partial charge in [-0.05, 0) is 56.2 Å². The molecule has 1 aromatic heterocycles. The maximum atomic E-state index is 12.9. The second-order valence-corrected chi connectivity index (χ2v) is 10.0. The van der Waals surface area contributed by atoms with Crippen LogP contribution < -0.4 is 15.4 Å². The van der Waals surface area contributed by atoms with Crippen molar-refractivity contribution in [1.82, 2.24) is 5.16 Å². The minimum absolute atomic E-state index is 0.0166. The van der Waals surface area contributed by atoms with Gasteiger partial charge in [-0.25, -0.2) is 8.42 Å². The second-order valence-electron chi connectivity index (χ2n) is 7.37. The zero-order valence-corrected chi connectivity index (χ0v) is 20.0. The number of anilines is 3. The minimum Gasteiger partial charge on any atom is -0.360 e. The fourth-order valence-corrected chi connectivity index (χ4v) is 4.86. The van der Waals surface area contributed by atoms with Gasteiger partial charge < -0.3 is 15.2 Å². The topological polar surface area (TPSA) is 130 Å². The smallest absolute Gasteiger partial charge is 0.262 e. The molecule has 0 spiro atoms. The first-order valence-corrected chi connectivity index (χ1v) is 12.6. The Morgan fingerprint density at radius 1 is 0.939 bits per heavy atom. The van der Waals surface area contributed by atoms with Crippen LogP contribution in [0.25, 0.3) is 0 Å². The number of nitrogens with zero attached hydrogens (tertiary/aromatic N) is 1. The van der Waals surface area contributed by atoms with Crippen LogP contribution in [0.2, 0.25) is 0 Å². The van der Waals surface area contributed by atoms with Crippen LogP contribution in [0.1, 0.15) is 16.9 Å². The summed E-state index contributed by atoms with van der Waals surface area (Å²) >= 11 is 1.12. The molecule has 3 aromatic rings. The number of rotatable bonds is 9. The van der Waals surface area contributed by atoms with Crippen LogP contribution in [0, 0.1) is 20.8 Å². The first-order chi connectivity index (χ1) is 15.6. The standard InChI is InChI=1S/C22H24N4O5S2/c1-14-5-4-6-18(9-14)26-33(29,30)19-11-17(8-7-15(19)2)23-21(27)12-32-13-22(28)24-20-10-16(3)31-25-20/h4-11,26H,12-13H2,1-3H3,(H,23,27)(H,24,25,28). The van der Waals surface area contributed by atoms with E-state index in [1.807, 2.05) is 13.0 Å². The molecule has 2 aromatic carbocycles. The molecule has 2 amide bonds. The third-order valence-electron chi connectivity index (χ3n) is 4.39. The summed E-state index contributed by atoms with van der Waals surface area (Å²) in [6, 6.07) is 13.3. The number of carbonyl (C=O) groups is 2. The van der Waals surface area contributed by atoms with Crippen molar-refractivity contribution in [3.63, 3.8) is 0 Å². The molecular weight excluding hydrogens is 464 g/mol. The molecule has 11 heteroatoms. The maximum Gasteiger partial charge on any atom is 0.262 e. The molecular formula is C22H24N4O5S2. The van der Waals surface area contributed by atoms with Crippen molar-refractivity contribution >= 4 is 50.8 Å². The van der Waals surface area contributed by atoms with E-state index in [1.165, 1.54) is 6.07 Å². The molecule has 3 rings (SSSR count). The Morgan fingerprint density at radius 2 is 1.67 bits per heavy atom. The van der Waals surface area contributed by atoms with Crippen molar-refractivity contribution in [2.24, 2.45) is 0 Å². The van der Waals surface area contributed by atoms with Gasteiger partial charge >= 0.3 is 0 Å². The van der Waals surface area contributed by atoms with Gasteiger partial charge in [-0.1, -0.05) is 23.4 Å². The predicted molar refractivity (Wildman–Crippen MR) is 129 cm³/mol. The van der Waals surface area contributed by atoms with Gasteiger partial charge in [-0.15, -0.1) is 11.8 Å². The zero-order valence-electron chi connectivity index (χ0n) is 18.3. The monoisotopic (exact) mass is 488 g/mol. The molecule has 0 atom stereocenters. The molecule has 0 unspecified atom stereocenters. The number of hydrogen-bond acceptors (Lipinski definition) is 7. The highest BCUT2D eigenvalue weighted by atomic mass is 32.2. The molecule has 0 saturated heterocycles. The van der Waals surface area contributed by atoms with Crippen molar-refractivity contribution in [1.29, 1.82) is 0 Å². The third kappa shape index (κ3) is 7.09. The second kappa shape index (κ2) is 10.5. The molecule has 174 valence electrons. The van der Waals surface area contributed by atoms with Crippen LogP contribution in [0.4, 0.5) is 17.2 Å². The number of nitrogens with one attached hydrogen (secondary N) is 3. The van der Waals surface area contributed by atoms with Gasteiger partial charge in [0.15, 0.2) is 5.82 Å². The summed E-state index contributed by atoms with van der Waals surface area (Å²) in [6.45, 7) is 5.26. The largest absolute Gasteiger partial charge is 0.360 e. The quantitative estimate of drug-likeness (QED) is 0.418. The van der Waals surface area contributed by atoms with E-state index in [9.17, 15) is 18.0 Å². The number of sulfonamides is 1. The predicted octanol–water partition coefficient (Wildman–Crippen LogP) is 3.71. The van der Waals surface area contributed by atoms with Gasteiger partial charge in [0.2, 0.25) is 11.8 Å². The van der Waals surface area contributed by atoms with E-state index in [0.717, 1.165) is 17.3 Å². The van der Waals surface area contributed by atoms with Crippen molar-refractivity contribution in [3.8, 4) is 0 Å². The normalized spacial score (nSPS) is 11.1. The van der Waals surface area contributed by atoms with Crippen LogP contribution in [0.5, 0.6) is 0 Å². The summed E-state index contributed by atoms with van der Waals surface area (Å²) < 4.78 is 33.2. The molecule has 0 saturated carbocycles. The number of hydrogen-bond donors (Lipinski definition) is 3. The number of aromatic nitrogens is 1. The summed E-state index contributed by atoms with van der Waals surface area (Å²) in [7, 11) is -3.85. The lowest BCUT2D eigenvalue weighted by molar-refractivity contribution is -0.114. The summed E-state index contributed by atoms with van der Waals surface area (Å²) in [5.74, 6) is 0.285. The van der Waals surface area contributed by atoms with E-state index in [2.05, 4.69) is 20.5 Å². The van der Waals surface area contributed by atoms with Crippen LogP contribution >= 0.6 is 11.8 Å². The van der Waals surface area contributed by atoms with Crippen LogP contribution in [-0.2, 0) is 19.6 Å². The van der Waals surface area contributed by atoms with E-state index in [-0.39, 0.29) is 28.2 Å². The molecule has 0 bridgehead atoms. The summed E-state index contributed by atoms with van der Waals surface area (Å²) in [5.41, 5.74) is 2.27. The Hall–Kier alpha value is -3.31. The van der Waals surface area contributed by atoms with E-state index in [4.69, 9.17) is 4.52 Å². The molecule has 33 heavy (non-hydrogen) atoms. The van der Waals surface area contributed by atoms with Crippen molar-refractivity contribution in [3.05, 3.63) is 65.4 Å². The van der Waals surface area contributed by atoms with Crippen molar-refractivity contribution in [2.75, 3.05) is 26.9 Å². The van der Waals surface area contributed by atoms with Gasteiger partial charge in [0.05, 0.1) is 16.4 Å². The SMILES string of the molecule is Cc1cccc(NS(=O)(=O)c2cc(NC(=O)CSCC(=O)Nc3cc(C)on3)ccc2C)c1. The van der Waals surface area contributed by atoms with Crippen LogP contribution in [0.3, 0.4) is 0 Å². The van der Waals surface area contributed by atoms with Gasteiger partial charge in [0.25, 0.3) is 10.0 Å².